The molecule has 2 atom stereocenters. The molecule has 0 saturated heterocycles. The van der Waals surface area contributed by atoms with Crippen molar-refractivity contribution in [2.75, 3.05) is 26.4 Å². The molecular weight excluding hydrogens is 228 g/mol. The molecule has 6 heteroatoms. The topological polar surface area (TPSA) is 99.4 Å². The van der Waals surface area contributed by atoms with E-state index in [1.54, 1.807) is 20.8 Å². The van der Waals surface area contributed by atoms with Crippen LogP contribution in [0.1, 0.15) is 27.2 Å². The Balaban J connectivity index is 5.26. The molecule has 0 spiro atoms. The lowest BCUT2D eigenvalue weighted by molar-refractivity contribution is -0.347. The lowest BCUT2D eigenvalue weighted by Crippen LogP contribution is -2.61. The van der Waals surface area contributed by atoms with E-state index < -0.39 is 30.7 Å². The predicted molar refractivity (Wildman–Crippen MR) is 61.1 cm³/mol. The van der Waals surface area contributed by atoms with Crippen LogP contribution in [0.4, 0.5) is 0 Å². The fraction of sp³-hybridized carbons (Fsp3) is 1.00. The van der Waals surface area contributed by atoms with E-state index in [4.69, 9.17) is 9.47 Å². The van der Waals surface area contributed by atoms with Crippen LogP contribution >= 0.6 is 0 Å². The number of aliphatic hydroxyl groups excluding tert-OH is 3. The number of rotatable bonds is 9. The highest BCUT2D eigenvalue weighted by Gasteiger charge is 2.55. The van der Waals surface area contributed by atoms with Crippen LogP contribution < -0.4 is 0 Å². The van der Waals surface area contributed by atoms with Gasteiger partial charge in [0.1, 0.15) is 5.41 Å². The minimum absolute atomic E-state index is 0.103. The molecule has 0 rings (SSSR count). The van der Waals surface area contributed by atoms with Crippen molar-refractivity contribution in [3.05, 3.63) is 0 Å². The van der Waals surface area contributed by atoms with Gasteiger partial charge in [-0.3, -0.25) is 0 Å². The molecule has 17 heavy (non-hydrogen) atoms. The molecule has 4 N–H and O–H groups in total. The van der Waals surface area contributed by atoms with E-state index in [1.807, 2.05) is 0 Å². The maximum atomic E-state index is 10.3. The largest absolute Gasteiger partial charge is 0.395 e. The van der Waals surface area contributed by atoms with E-state index in [9.17, 15) is 20.4 Å². The maximum Gasteiger partial charge on any atom is 0.180 e. The van der Waals surface area contributed by atoms with Gasteiger partial charge in [-0.05, 0) is 20.3 Å². The zero-order chi connectivity index (χ0) is 13.5. The summed E-state index contributed by atoms with van der Waals surface area (Å²) < 4.78 is 10.2. The third-order valence-corrected chi connectivity index (χ3v) is 3.00. The average molecular weight is 252 g/mol. The van der Waals surface area contributed by atoms with Gasteiger partial charge in [-0.2, -0.15) is 0 Å². The molecular formula is C11H24O6. The van der Waals surface area contributed by atoms with Gasteiger partial charge in [-0.1, -0.05) is 6.92 Å². The molecule has 0 aliphatic heterocycles. The fourth-order valence-electron chi connectivity index (χ4n) is 1.80. The summed E-state index contributed by atoms with van der Waals surface area (Å²) in [7, 11) is 0. The molecule has 0 aliphatic rings. The van der Waals surface area contributed by atoms with E-state index in [2.05, 4.69) is 0 Å². The second-order valence-corrected chi connectivity index (χ2v) is 3.85. The molecule has 0 heterocycles. The highest BCUT2D eigenvalue weighted by Crippen LogP contribution is 2.38. The van der Waals surface area contributed by atoms with Crippen LogP contribution in [-0.2, 0) is 9.47 Å². The standard InChI is InChI=1S/C11H24O6/c1-4-11(15,17-6-3)10(7-12,8-13)9(14)16-5-2/h9,12-15H,4-8H2,1-3H3. The SMILES string of the molecule is CCOC(O)C(CO)(CO)C(O)(CC)OCC. The zero-order valence-electron chi connectivity index (χ0n) is 10.7. The van der Waals surface area contributed by atoms with Crippen molar-refractivity contribution in [3.8, 4) is 0 Å². The van der Waals surface area contributed by atoms with E-state index in [1.165, 1.54) is 0 Å². The Labute approximate surface area is 102 Å². The second kappa shape index (κ2) is 7.25. The Morgan fingerprint density at radius 3 is 1.88 bits per heavy atom. The van der Waals surface area contributed by atoms with Crippen LogP contribution in [0, 0.1) is 5.41 Å². The van der Waals surface area contributed by atoms with Crippen molar-refractivity contribution >= 4 is 0 Å². The van der Waals surface area contributed by atoms with Gasteiger partial charge in [0.25, 0.3) is 0 Å². The van der Waals surface area contributed by atoms with Crippen LogP contribution in [0.5, 0.6) is 0 Å². The molecule has 0 bridgehead atoms. The first-order valence-electron chi connectivity index (χ1n) is 5.85. The molecule has 6 nitrogen and oxygen atoms in total. The third-order valence-electron chi connectivity index (χ3n) is 3.00. The van der Waals surface area contributed by atoms with Crippen LogP contribution in [0.15, 0.2) is 0 Å². The normalized spacial score (nSPS) is 17.8. The van der Waals surface area contributed by atoms with Crippen molar-refractivity contribution in [2.45, 2.75) is 39.3 Å². The summed E-state index contributed by atoms with van der Waals surface area (Å²) in [5, 5.41) is 39.1. The molecule has 0 radical (unpaired) electrons. The number of hydrogen-bond acceptors (Lipinski definition) is 6. The lowest BCUT2D eigenvalue weighted by atomic mass is 9.78. The molecule has 0 amide bonds. The predicted octanol–water partition coefficient (Wildman–Crippen LogP) is -0.553. The Morgan fingerprint density at radius 1 is 1.06 bits per heavy atom. The molecule has 0 aromatic heterocycles. The molecule has 104 valence electrons. The minimum Gasteiger partial charge on any atom is -0.395 e. The van der Waals surface area contributed by atoms with Gasteiger partial charge in [-0.25, -0.2) is 0 Å². The Morgan fingerprint density at radius 2 is 1.59 bits per heavy atom. The fourth-order valence-corrected chi connectivity index (χ4v) is 1.80. The Bertz CT molecular complexity index is 206. The number of hydrogen-bond donors (Lipinski definition) is 4. The van der Waals surface area contributed by atoms with Crippen LogP contribution in [0.2, 0.25) is 0 Å². The lowest BCUT2D eigenvalue weighted by Gasteiger charge is -2.46. The van der Waals surface area contributed by atoms with Crippen molar-refractivity contribution in [3.63, 3.8) is 0 Å². The van der Waals surface area contributed by atoms with Gasteiger partial charge in [0.15, 0.2) is 12.1 Å². The molecule has 0 aromatic rings. The highest BCUT2D eigenvalue weighted by atomic mass is 16.6. The van der Waals surface area contributed by atoms with E-state index in [0.717, 1.165) is 0 Å². The monoisotopic (exact) mass is 252 g/mol. The summed E-state index contributed by atoms with van der Waals surface area (Å²) in [6, 6.07) is 0. The van der Waals surface area contributed by atoms with Crippen LogP contribution in [0.25, 0.3) is 0 Å². The van der Waals surface area contributed by atoms with Crippen LogP contribution in [0.3, 0.4) is 0 Å². The van der Waals surface area contributed by atoms with Crippen molar-refractivity contribution < 1.29 is 29.9 Å². The molecule has 0 fully saturated rings. The summed E-state index contributed by atoms with van der Waals surface area (Å²) in [6.45, 7) is 4.03. The molecule has 0 aliphatic carbocycles. The van der Waals surface area contributed by atoms with Crippen molar-refractivity contribution in [1.82, 2.24) is 0 Å². The Kier molecular flexibility index (Phi) is 7.15. The smallest absolute Gasteiger partial charge is 0.180 e. The second-order valence-electron chi connectivity index (χ2n) is 3.85. The quantitative estimate of drug-likeness (QED) is 0.411. The highest BCUT2D eigenvalue weighted by molar-refractivity contribution is 4.94. The maximum absolute atomic E-state index is 10.3. The summed E-state index contributed by atoms with van der Waals surface area (Å²) in [5.74, 6) is -1.85. The first-order valence-corrected chi connectivity index (χ1v) is 5.85. The summed E-state index contributed by atoms with van der Waals surface area (Å²) in [6.07, 6.45) is -1.41. The Hall–Kier alpha value is -0.240. The first-order chi connectivity index (χ1) is 7.97. The molecule has 0 saturated carbocycles. The molecule has 2 unspecified atom stereocenters. The first kappa shape index (κ1) is 16.8. The van der Waals surface area contributed by atoms with Gasteiger partial charge < -0.3 is 29.9 Å². The van der Waals surface area contributed by atoms with Crippen LogP contribution in [-0.4, -0.2) is 58.9 Å². The molecule has 0 aromatic carbocycles. The van der Waals surface area contributed by atoms with Crippen molar-refractivity contribution in [1.29, 1.82) is 0 Å². The van der Waals surface area contributed by atoms with Gasteiger partial charge in [0.2, 0.25) is 0 Å². The van der Waals surface area contributed by atoms with Gasteiger partial charge in [0.05, 0.1) is 13.2 Å². The van der Waals surface area contributed by atoms with E-state index >= 15 is 0 Å². The zero-order valence-corrected chi connectivity index (χ0v) is 10.7. The third kappa shape index (κ3) is 3.15. The summed E-state index contributed by atoms with van der Waals surface area (Å²) in [4.78, 5) is 0. The van der Waals surface area contributed by atoms with Gasteiger partial charge >= 0.3 is 0 Å². The van der Waals surface area contributed by atoms with Gasteiger partial charge in [0, 0.05) is 13.2 Å². The van der Waals surface area contributed by atoms with E-state index in [-0.39, 0.29) is 19.6 Å². The van der Waals surface area contributed by atoms with Gasteiger partial charge in [-0.15, -0.1) is 0 Å². The van der Waals surface area contributed by atoms with E-state index in [0.29, 0.717) is 0 Å². The number of aliphatic hydroxyl groups is 4. The average Bonchev–Trinajstić information content (AvgIpc) is 2.32. The minimum atomic E-state index is -1.85. The summed E-state index contributed by atoms with van der Waals surface area (Å²) in [5.41, 5.74) is -1.67. The van der Waals surface area contributed by atoms with Crippen molar-refractivity contribution in [2.24, 2.45) is 5.41 Å². The number of ether oxygens (including phenoxy) is 2. The summed E-state index contributed by atoms with van der Waals surface area (Å²) >= 11 is 0.